The Morgan fingerprint density at radius 2 is 2.29 bits per heavy atom. The molecule has 6 heteroatoms. The van der Waals surface area contributed by atoms with E-state index in [0.29, 0.717) is 39.1 Å². The van der Waals surface area contributed by atoms with Crippen molar-refractivity contribution in [1.82, 2.24) is 15.2 Å². The van der Waals surface area contributed by atoms with Crippen molar-refractivity contribution in [2.24, 2.45) is 5.92 Å². The molecule has 0 bridgehead atoms. The molecule has 1 saturated heterocycles. The molecule has 0 saturated carbocycles. The number of carbonyl (C=O) groups excluding carboxylic acids is 2. The molecule has 0 aliphatic carbocycles. The fourth-order valence-electron chi connectivity index (χ4n) is 2.72. The summed E-state index contributed by atoms with van der Waals surface area (Å²) in [7, 11) is 0. The zero-order valence-corrected chi connectivity index (χ0v) is 14.5. The predicted molar refractivity (Wildman–Crippen MR) is 91.1 cm³/mol. The summed E-state index contributed by atoms with van der Waals surface area (Å²) >= 11 is 0. The maximum absolute atomic E-state index is 12.3. The van der Waals surface area contributed by atoms with Crippen molar-refractivity contribution in [2.45, 2.75) is 45.8 Å². The number of likely N-dealkylation sites (tertiary alicyclic amines) is 1. The van der Waals surface area contributed by atoms with Gasteiger partial charge in [0, 0.05) is 32.3 Å². The number of carbonyl (C=O) groups is 2. The molecule has 0 spiro atoms. The van der Waals surface area contributed by atoms with Crippen LogP contribution in [0.15, 0.2) is 24.4 Å². The molecule has 1 atom stereocenters. The summed E-state index contributed by atoms with van der Waals surface area (Å²) in [4.78, 5) is 30.4. The highest BCUT2D eigenvalue weighted by Crippen LogP contribution is 2.19. The SMILES string of the molecule is CC(C)OCCCNC(=O)[C@@H]1CCC(=O)N(Cc2ccccn2)C1. The van der Waals surface area contributed by atoms with Crippen LogP contribution in [-0.2, 0) is 20.9 Å². The van der Waals surface area contributed by atoms with Crippen LogP contribution < -0.4 is 5.32 Å². The van der Waals surface area contributed by atoms with Crippen LogP contribution in [0.4, 0.5) is 0 Å². The van der Waals surface area contributed by atoms with E-state index in [-0.39, 0.29) is 23.8 Å². The number of piperidine rings is 1. The lowest BCUT2D eigenvalue weighted by molar-refractivity contribution is -0.139. The summed E-state index contributed by atoms with van der Waals surface area (Å²) in [6, 6.07) is 5.65. The first kappa shape index (κ1) is 18.4. The first-order chi connectivity index (χ1) is 11.6. The van der Waals surface area contributed by atoms with Gasteiger partial charge in [-0.3, -0.25) is 14.6 Å². The molecule has 1 aliphatic heterocycles. The monoisotopic (exact) mass is 333 g/mol. The van der Waals surface area contributed by atoms with Crippen LogP contribution >= 0.6 is 0 Å². The van der Waals surface area contributed by atoms with Crippen LogP contribution in [0.3, 0.4) is 0 Å². The van der Waals surface area contributed by atoms with Crippen LogP contribution in [0.25, 0.3) is 0 Å². The van der Waals surface area contributed by atoms with E-state index in [4.69, 9.17) is 4.74 Å². The Morgan fingerprint density at radius 3 is 3.00 bits per heavy atom. The lowest BCUT2D eigenvalue weighted by atomic mass is 9.96. The van der Waals surface area contributed by atoms with E-state index in [0.717, 1.165) is 12.1 Å². The Bertz CT molecular complexity index is 534. The highest BCUT2D eigenvalue weighted by atomic mass is 16.5. The smallest absolute Gasteiger partial charge is 0.224 e. The highest BCUT2D eigenvalue weighted by Gasteiger charge is 2.30. The summed E-state index contributed by atoms with van der Waals surface area (Å²) in [5, 5.41) is 2.95. The molecule has 0 aromatic carbocycles. The minimum Gasteiger partial charge on any atom is -0.379 e. The summed E-state index contributed by atoms with van der Waals surface area (Å²) in [6.07, 6.45) is 3.76. The minimum atomic E-state index is -0.141. The van der Waals surface area contributed by atoms with Crippen molar-refractivity contribution in [1.29, 1.82) is 0 Å². The van der Waals surface area contributed by atoms with Gasteiger partial charge in [-0.2, -0.15) is 0 Å². The average Bonchev–Trinajstić information content (AvgIpc) is 2.57. The van der Waals surface area contributed by atoms with E-state index in [1.807, 2.05) is 32.0 Å². The van der Waals surface area contributed by atoms with Gasteiger partial charge in [-0.05, 0) is 38.8 Å². The third kappa shape index (κ3) is 5.92. The second kappa shape index (κ2) is 9.37. The summed E-state index contributed by atoms with van der Waals surface area (Å²) in [5.74, 6) is -0.0227. The summed E-state index contributed by atoms with van der Waals surface area (Å²) in [6.45, 7) is 6.17. The number of rotatable bonds is 8. The number of hydrogen-bond donors (Lipinski definition) is 1. The van der Waals surface area contributed by atoms with E-state index in [2.05, 4.69) is 10.3 Å². The van der Waals surface area contributed by atoms with Gasteiger partial charge in [0.05, 0.1) is 24.3 Å². The number of amides is 2. The molecule has 1 fully saturated rings. The third-order valence-electron chi connectivity index (χ3n) is 4.02. The molecule has 1 aromatic rings. The molecule has 2 rings (SSSR count). The number of nitrogens with zero attached hydrogens (tertiary/aromatic N) is 2. The van der Waals surface area contributed by atoms with E-state index in [9.17, 15) is 9.59 Å². The Hall–Kier alpha value is -1.95. The molecular weight excluding hydrogens is 306 g/mol. The van der Waals surface area contributed by atoms with Gasteiger partial charge in [-0.1, -0.05) is 6.07 Å². The van der Waals surface area contributed by atoms with Crippen LogP contribution in [0.5, 0.6) is 0 Å². The normalized spacial score (nSPS) is 18.0. The largest absolute Gasteiger partial charge is 0.379 e. The molecule has 24 heavy (non-hydrogen) atoms. The molecule has 1 N–H and O–H groups in total. The first-order valence-corrected chi connectivity index (χ1v) is 8.63. The number of aromatic nitrogens is 1. The van der Waals surface area contributed by atoms with E-state index >= 15 is 0 Å². The predicted octanol–water partition coefficient (Wildman–Crippen LogP) is 1.75. The van der Waals surface area contributed by atoms with E-state index in [1.165, 1.54) is 0 Å². The Kier molecular flexibility index (Phi) is 7.18. The van der Waals surface area contributed by atoms with Gasteiger partial charge < -0.3 is 15.0 Å². The standard InChI is InChI=1S/C18H27N3O3/c1-14(2)24-11-5-10-20-18(23)15-7-8-17(22)21(12-15)13-16-6-3-4-9-19-16/h3-4,6,9,14-15H,5,7-8,10-13H2,1-2H3,(H,20,23)/t15-/m1/s1. The lowest BCUT2D eigenvalue weighted by Crippen LogP contribution is -2.45. The van der Waals surface area contributed by atoms with Gasteiger partial charge in [0.25, 0.3) is 0 Å². The fourth-order valence-corrected chi connectivity index (χ4v) is 2.72. The molecule has 132 valence electrons. The molecule has 1 aliphatic rings. The quantitative estimate of drug-likeness (QED) is 0.736. The van der Waals surface area contributed by atoms with Crippen LogP contribution in [0.1, 0.15) is 38.8 Å². The third-order valence-corrected chi connectivity index (χ3v) is 4.02. The van der Waals surface area contributed by atoms with Gasteiger partial charge in [0.2, 0.25) is 11.8 Å². The number of nitrogens with one attached hydrogen (secondary N) is 1. The fraction of sp³-hybridized carbons (Fsp3) is 0.611. The number of pyridine rings is 1. The van der Waals surface area contributed by atoms with E-state index in [1.54, 1.807) is 11.1 Å². The maximum Gasteiger partial charge on any atom is 0.224 e. The molecule has 2 amide bonds. The van der Waals surface area contributed by atoms with Crippen LogP contribution in [-0.4, -0.2) is 47.5 Å². The van der Waals surface area contributed by atoms with Gasteiger partial charge in [0.1, 0.15) is 0 Å². The Morgan fingerprint density at radius 1 is 1.46 bits per heavy atom. The van der Waals surface area contributed by atoms with Crippen molar-refractivity contribution in [3.05, 3.63) is 30.1 Å². The average molecular weight is 333 g/mol. The zero-order chi connectivity index (χ0) is 17.4. The molecule has 1 aromatic heterocycles. The maximum atomic E-state index is 12.3. The zero-order valence-electron chi connectivity index (χ0n) is 14.5. The number of ether oxygens (including phenoxy) is 1. The van der Waals surface area contributed by atoms with Gasteiger partial charge in [0.15, 0.2) is 0 Å². The van der Waals surface area contributed by atoms with Crippen molar-refractivity contribution >= 4 is 11.8 Å². The second-order valence-corrected chi connectivity index (χ2v) is 6.40. The molecule has 2 heterocycles. The number of hydrogen-bond acceptors (Lipinski definition) is 4. The highest BCUT2D eigenvalue weighted by molar-refractivity contribution is 5.83. The Labute approximate surface area is 143 Å². The lowest BCUT2D eigenvalue weighted by Gasteiger charge is -2.31. The summed E-state index contributed by atoms with van der Waals surface area (Å²) < 4.78 is 5.46. The molecule has 0 unspecified atom stereocenters. The second-order valence-electron chi connectivity index (χ2n) is 6.40. The van der Waals surface area contributed by atoms with Crippen molar-refractivity contribution < 1.29 is 14.3 Å². The Balaban J connectivity index is 1.77. The van der Waals surface area contributed by atoms with E-state index < -0.39 is 0 Å². The molecule has 6 nitrogen and oxygen atoms in total. The van der Waals surface area contributed by atoms with Crippen LogP contribution in [0, 0.1) is 5.92 Å². The molecule has 0 radical (unpaired) electrons. The van der Waals surface area contributed by atoms with Crippen LogP contribution in [0.2, 0.25) is 0 Å². The van der Waals surface area contributed by atoms with Crippen molar-refractivity contribution in [3.8, 4) is 0 Å². The first-order valence-electron chi connectivity index (χ1n) is 8.63. The van der Waals surface area contributed by atoms with Crippen molar-refractivity contribution in [2.75, 3.05) is 19.7 Å². The van der Waals surface area contributed by atoms with Crippen molar-refractivity contribution in [3.63, 3.8) is 0 Å². The topological polar surface area (TPSA) is 71.5 Å². The van der Waals surface area contributed by atoms with Gasteiger partial charge >= 0.3 is 0 Å². The van der Waals surface area contributed by atoms with Gasteiger partial charge in [-0.15, -0.1) is 0 Å². The summed E-state index contributed by atoms with van der Waals surface area (Å²) in [5.41, 5.74) is 0.845. The van der Waals surface area contributed by atoms with Gasteiger partial charge in [-0.25, -0.2) is 0 Å². The molecular formula is C18H27N3O3. The minimum absolute atomic E-state index is 0.0260.